The highest BCUT2D eigenvalue weighted by Gasteiger charge is 1.72. The Kier molecular flexibility index (Phi) is 15.1. The fraction of sp³-hybridized carbons (Fsp3) is 1.00. The van der Waals surface area contributed by atoms with Gasteiger partial charge in [-0.2, -0.15) is 0 Å². The second-order valence-electron chi connectivity index (χ2n) is 1.21. The zero-order chi connectivity index (χ0) is 4.12. The van der Waals surface area contributed by atoms with Crippen LogP contribution >= 0.6 is 9.24 Å². The average Bonchev–Trinajstić information content (AvgIpc) is 1.41. The molecule has 0 aromatic heterocycles. The first-order chi connectivity index (χ1) is 2.41. The Morgan fingerprint density at radius 1 is 1.50 bits per heavy atom. The molecule has 2 heteroatoms. The SMILES string of the molecule is CCCC[PH3+].[Cl-]. The Labute approximate surface area is 48.3 Å². The third kappa shape index (κ3) is 8.83. The molecular formula is C4H12ClP. The van der Waals surface area contributed by atoms with Crippen LogP contribution < -0.4 is 12.4 Å². The first-order valence-corrected chi connectivity index (χ1v) is 3.21. The number of rotatable bonds is 2. The normalized spacial score (nSPS) is 7.50. The molecule has 0 radical (unpaired) electrons. The Morgan fingerprint density at radius 3 is 2.00 bits per heavy atom. The second kappa shape index (κ2) is 9.21. The lowest BCUT2D eigenvalue weighted by atomic mass is 10.4. The van der Waals surface area contributed by atoms with Crippen molar-refractivity contribution in [3.63, 3.8) is 0 Å². The standard InChI is InChI=1S/C4H11P.ClH/c1-2-3-4-5;/h2-5H2,1H3;1H. The van der Waals surface area contributed by atoms with Crippen molar-refractivity contribution in [2.75, 3.05) is 6.16 Å². The summed E-state index contributed by atoms with van der Waals surface area (Å²) >= 11 is 0. The van der Waals surface area contributed by atoms with Gasteiger partial charge in [0.1, 0.15) is 0 Å². The van der Waals surface area contributed by atoms with Gasteiger partial charge in [0, 0.05) is 0 Å². The van der Waals surface area contributed by atoms with Gasteiger partial charge < -0.3 is 12.4 Å². The Balaban J connectivity index is 0. The van der Waals surface area contributed by atoms with Gasteiger partial charge in [0.2, 0.25) is 0 Å². The van der Waals surface area contributed by atoms with E-state index in [4.69, 9.17) is 0 Å². The maximum Gasteiger partial charge on any atom is 0.0526 e. The number of halogens is 1. The van der Waals surface area contributed by atoms with E-state index >= 15 is 0 Å². The fourth-order valence-corrected chi connectivity index (χ4v) is 0.750. The van der Waals surface area contributed by atoms with Crippen molar-refractivity contribution < 1.29 is 12.4 Å². The maximum absolute atomic E-state index is 2.22. The van der Waals surface area contributed by atoms with Gasteiger partial charge in [-0.15, -0.1) is 0 Å². The van der Waals surface area contributed by atoms with Crippen LogP contribution in [0.4, 0.5) is 0 Å². The smallest absolute Gasteiger partial charge is 0.0526 e. The lowest BCUT2D eigenvalue weighted by molar-refractivity contribution is -0.00000109. The lowest BCUT2D eigenvalue weighted by Crippen LogP contribution is -3.00. The van der Waals surface area contributed by atoms with Crippen LogP contribution in [0.5, 0.6) is 0 Å². The molecule has 0 aliphatic rings. The Hall–Kier alpha value is 0.720. The molecule has 0 aromatic carbocycles. The molecule has 0 amide bonds. The topological polar surface area (TPSA) is 0 Å². The van der Waals surface area contributed by atoms with Gasteiger partial charge in [-0.25, -0.2) is 0 Å². The summed E-state index contributed by atoms with van der Waals surface area (Å²) in [6, 6.07) is 0. The monoisotopic (exact) mass is 126 g/mol. The number of hydrogen-bond acceptors (Lipinski definition) is 0. The molecular weight excluding hydrogens is 114 g/mol. The first kappa shape index (κ1) is 9.87. The van der Waals surface area contributed by atoms with Crippen molar-refractivity contribution in [2.45, 2.75) is 19.8 Å². The van der Waals surface area contributed by atoms with Crippen molar-refractivity contribution >= 4 is 9.24 Å². The van der Waals surface area contributed by atoms with Crippen molar-refractivity contribution in [3.8, 4) is 0 Å². The van der Waals surface area contributed by atoms with E-state index in [1.807, 2.05) is 9.24 Å². The summed E-state index contributed by atoms with van der Waals surface area (Å²) in [6.07, 6.45) is 4.12. The summed E-state index contributed by atoms with van der Waals surface area (Å²) in [5.74, 6) is 0. The molecule has 0 N–H and O–H groups in total. The van der Waals surface area contributed by atoms with E-state index in [-0.39, 0.29) is 12.4 Å². The van der Waals surface area contributed by atoms with Crippen LogP contribution in [0, 0.1) is 0 Å². The second-order valence-corrected chi connectivity index (χ2v) is 1.91. The molecule has 0 saturated carbocycles. The summed E-state index contributed by atoms with van der Waals surface area (Å²) in [4.78, 5) is 0. The molecule has 0 aromatic rings. The largest absolute Gasteiger partial charge is 1.00 e. The molecule has 1 atom stereocenters. The minimum Gasteiger partial charge on any atom is -1.00 e. The molecule has 0 aliphatic carbocycles. The average molecular weight is 127 g/mol. The first-order valence-electron chi connectivity index (χ1n) is 2.21. The van der Waals surface area contributed by atoms with Crippen molar-refractivity contribution in [1.82, 2.24) is 0 Å². The van der Waals surface area contributed by atoms with Gasteiger partial charge in [0.25, 0.3) is 0 Å². The van der Waals surface area contributed by atoms with Crippen molar-refractivity contribution in [1.29, 1.82) is 0 Å². The fourth-order valence-electron chi connectivity index (χ4n) is 0.250. The molecule has 0 aliphatic heterocycles. The van der Waals surface area contributed by atoms with E-state index in [2.05, 4.69) is 6.92 Å². The molecule has 0 rings (SSSR count). The van der Waals surface area contributed by atoms with Gasteiger partial charge in [-0.3, -0.25) is 0 Å². The van der Waals surface area contributed by atoms with Crippen LogP contribution in [0.1, 0.15) is 19.8 Å². The van der Waals surface area contributed by atoms with Crippen LogP contribution in [-0.2, 0) is 0 Å². The molecule has 0 heterocycles. The summed E-state index contributed by atoms with van der Waals surface area (Å²) in [5, 5.41) is 0. The molecule has 0 bridgehead atoms. The summed E-state index contributed by atoms with van der Waals surface area (Å²) in [7, 11) is 2.05. The van der Waals surface area contributed by atoms with Crippen LogP contribution in [0.2, 0.25) is 0 Å². The molecule has 6 heavy (non-hydrogen) atoms. The summed E-state index contributed by atoms with van der Waals surface area (Å²) in [5.41, 5.74) is 0. The maximum atomic E-state index is 2.22. The van der Waals surface area contributed by atoms with E-state index in [1.54, 1.807) is 0 Å². The van der Waals surface area contributed by atoms with Crippen LogP contribution in [0.25, 0.3) is 0 Å². The Morgan fingerprint density at radius 2 is 2.00 bits per heavy atom. The predicted molar refractivity (Wildman–Crippen MR) is 30.9 cm³/mol. The van der Waals surface area contributed by atoms with Crippen LogP contribution in [-0.4, -0.2) is 6.16 Å². The third-order valence-corrected chi connectivity index (χ3v) is 1.10. The highest BCUT2D eigenvalue weighted by Crippen LogP contribution is 1.89. The zero-order valence-corrected chi connectivity index (χ0v) is 6.38. The van der Waals surface area contributed by atoms with Gasteiger partial charge >= 0.3 is 0 Å². The van der Waals surface area contributed by atoms with Crippen molar-refractivity contribution in [2.24, 2.45) is 0 Å². The van der Waals surface area contributed by atoms with E-state index in [0.29, 0.717) is 0 Å². The van der Waals surface area contributed by atoms with Gasteiger partial charge in [0.05, 0.1) is 6.16 Å². The molecule has 0 spiro atoms. The van der Waals surface area contributed by atoms with Crippen molar-refractivity contribution in [3.05, 3.63) is 0 Å². The Bertz CT molecular complexity index is 15.0. The van der Waals surface area contributed by atoms with E-state index in [9.17, 15) is 0 Å². The van der Waals surface area contributed by atoms with Crippen LogP contribution in [0.15, 0.2) is 0 Å². The van der Waals surface area contributed by atoms with Gasteiger partial charge in [-0.1, -0.05) is 13.3 Å². The van der Waals surface area contributed by atoms with Gasteiger partial charge in [-0.05, 0) is 15.7 Å². The number of unbranched alkanes of at least 4 members (excludes halogenated alkanes) is 1. The van der Waals surface area contributed by atoms with E-state index in [0.717, 1.165) is 0 Å². The van der Waals surface area contributed by atoms with E-state index in [1.165, 1.54) is 19.0 Å². The zero-order valence-electron chi connectivity index (χ0n) is 4.21. The minimum atomic E-state index is 0. The van der Waals surface area contributed by atoms with Crippen LogP contribution in [0.3, 0.4) is 0 Å². The highest BCUT2D eigenvalue weighted by molar-refractivity contribution is 7.16. The van der Waals surface area contributed by atoms with Gasteiger partial charge in [0.15, 0.2) is 0 Å². The third-order valence-electron chi connectivity index (χ3n) is 0.604. The lowest BCUT2D eigenvalue weighted by Gasteiger charge is -1.75. The molecule has 0 fully saturated rings. The minimum absolute atomic E-state index is 0. The summed E-state index contributed by atoms with van der Waals surface area (Å²) in [6.45, 7) is 2.22. The molecule has 40 valence electrons. The number of hydrogen-bond donors (Lipinski definition) is 0. The molecule has 0 saturated heterocycles. The predicted octanol–water partition coefficient (Wildman–Crippen LogP) is -1.60. The summed E-state index contributed by atoms with van der Waals surface area (Å²) < 4.78 is 0. The quantitative estimate of drug-likeness (QED) is 0.391. The van der Waals surface area contributed by atoms with E-state index < -0.39 is 0 Å². The highest BCUT2D eigenvalue weighted by atomic mass is 35.5. The molecule has 0 nitrogen and oxygen atoms in total. The molecule has 1 unspecified atom stereocenters.